The van der Waals surface area contributed by atoms with E-state index >= 15 is 0 Å². The zero-order valence-corrected chi connectivity index (χ0v) is 34.9. The van der Waals surface area contributed by atoms with Gasteiger partial charge in [-0.05, 0) is 110 Å². The van der Waals surface area contributed by atoms with Crippen molar-refractivity contribution in [1.29, 1.82) is 0 Å². The lowest BCUT2D eigenvalue weighted by Crippen LogP contribution is -2.52. The van der Waals surface area contributed by atoms with Gasteiger partial charge in [0, 0.05) is 48.8 Å². The average molecular weight is 854 g/mol. The van der Waals surface area contributed by atoms with Crippen molar-refractivity contribution in [2.45, 2.75) is 50.7 Å². The lowest BCUT2D eigenvalue weighted by molar-refractivity contribution is -0.0336. The van der Waals surface area contributed by atoms with E-state index in [9.17, 15) is 29.0 Å². The number of amides is 2. The third-order valence-corrected chi connectivity index (χ3v) is 12.0. The van der Waals surface area contributed by atoms with Crippen molar-refractivity contribution in [2.75, 3.05) is 39.3 Å². The Bertz CT molecular complexity index is 2560. The number of aliphatic hydroxyl groups excluding tert-OH is 1. The lowest BCUT2D eigenvalue weighted by atomic mass is 9.86. The van der Waals surface area contributed by atoms with Gasteiger partial charge in [0.05, 0.1) is 17.7 Å². The highest BCUT2D eigenvalue weighted by Crippen LogP contribution is 2.32. The molecule has 5 N–H and O–H groups in total. The monoisotopic (exact) mass is 853 g/mol. The van der Waals surface area contributed by atoms with E-state index < -0.39 is 24.1 Å². The number of ether oxygens (including phenoxy) is 2. The number of carbonyl (C=O) groups excluding carboxylic acids is 2. The molecule has 6 aromatic rings. The maximum Gasteiger partial charge on any atom is 0.408 e. The van der Waals surface area contributed by atoms with Gasteiger partial charge in [-0.3, -0.25) is 14.5 Å². The number of rotatable bonds is 17. The number of aromatic hydroxyl groups is 1. The van der Waals surface area contributed by atoms with Crippen LogP contribution in [0.4, 0.5) is 9.18 Å². The first-order valence-corrected chi connectivity index (χ1v) is 21.5. The number of fused-ring (bicyclic) bond motifs is 4. The Kier molecular flexibility index (Phi) is 13.8. The van der Waals surface area contributed by atoms with Crippen molar-refractivity contribution in [2.24, 2.45) is 5.92 Å². The predicted octanol–water partition coefficient (Wildman–Crippen LogP) is 7.22. The fourth-order valence-corrected chi connectivity index (χ4v) is 8.59. The quantitative estimate of drug-likeness (QED) is 0.0599. The van der Waals surface area contributed by atoms with Gasteiger partial charge in [0.15, 0.2) is 0 Å². The van der Waals surface area contributed by atoms with Crippen LogP contribution >= 0.6 is 0 Å². The van der Waals surface area contributed by atoms with Gasteiger partial charge in [0.25, 0.3) is 5.91 Å². The molecule has 3 aliphatic heterocycles. The second-order valence-electron chi connectivity index (χ2n) is 16.3. The number of nitrogens with one attached hydrogen (secondary N) is 3. The second-order valence-corrected chi connectivity index (χ2v) is 16.3. The first-order chi connectivity index (χ1) is 30.7. The van der Waals surface area contributed by atoms with Crippen molar-refractivity contribution < 1.29 is 33.7 Å². The summed E-state index contributed by atoms with van der Waals surface area (Å²) in [6.07, 6.45) is 1.14. The second kappa shape index (κ2) is 20.1. The molecule has 3 saturated heterocycles. The largest absolute Gasteiger partial charge is 0.506 e. The number of pyridine rings is 1. The molecule has 12 nitrogen and oxygen atoms in total. The number of hydrogen-bond acceptors (Lipinski definition) is 9. The summed E-state index contributed by atoms with van der Waals surface area (Å²) in [5, 5.41) is 28.1. The van der Waals surface area contributed by atoms with E-state index in [0.29, 0.717) is 53.3 Å². The number of halogens is 1. The minimum Gasteiger partial charge on any atom is -0.506 e. The number of phenolic OH excluding ortho intramolecular Hbond substituents is 1. The van der Waals surface area contributed by atoms with Gasteiger partial charge in [0.2, 0.25) is 5.56 Å². The number of piperidine rings is 3. The van der Waals surface area contributed by atoms with Gasteiger partial charge in [0.1, 0.15) is 30.0 Å². The number of benzene rings is 5. The number of phenols is 1. The summed E-state index contributed by atoms with van der Waals surface area (Å²) in [6, 6.07) is 36.5. The summed E-state index contributed by atoms with van der Waals surface area (Å²) in [4.78, 5) is 45.6. The summed E-state index contributed by atoms with van der Waals surface area (Å²) in [7, 11) is 0. The molecule has 9 rings (SSSR count). The third kappa shape index (κ3) is 10.7. The van der Waals surface area contributed by atoms with Crippen LogP contribution in [0.5, 0.6) is 11.5 Å². The zero-order valence-electron chi connectivity index (χ0n) is 34.9. The molecule has 63 heavy (non-hydrogen) atoms. The molecular weight excluding hydrogens is 802 g/mol. The average Bonchev–Trinajstić information content (AvgIpc) is 3.31. The van der Waals surface area contributed by atoms with Crippen LogP contribution in [0.3, 0.4) is 0 Å². The van der Waals surface area contributed by atoms with E-state index in [1.807, 2.05) is 66.7 Å². The minimum atomic E-state index is -0.930. The van der Waals surface area contributed by atoms with Crippen LogP contribution in [0.2, 0.25) is 0 Å². The normalized spacial score (nSPS) is 17.8. The van der Waals surface area contributed by atoms with Crippen LogP contribution in [0, 0.1) is 11.7 Å². The van der Waals surface area contributed by atoms with E-state index in [1.165, 1.54) is 18.2 Å². The van der Waals surface area contributed by atoms with Crippen molar-refractivity contribution in [3.05, 3.63) is 177 Å². The van der Waals surface area contributed by atoms with E-state index in [-0.39, 0.29) is 48.5 Å². The van der Waals surface area contributed by atoms with Crippen molar-refractivity contribution in [1.82, 2.24) is 25.4 Å². The molecule has 3 atom stereocenters. The van der Waals surface area contributed by atoms with E-state index in [0.717, 1.165) is 49.2 Å². The van der Waals surface area contributed by atoms with Gasteiger partial charge in [-0.15, -0.1) is 0 Å². The maximum absolute atomic E-state index is 14.8. The molecule has 0 spiro atoms. The highest BCUT2D eigenvalue weighted by Gasteiger charge is 2.37. The number of carbonyl (C=O) groups is 2. The molecule has 3 aliphatic rings. The van der Waals surface area contributed by atoms with Gasteiger partial charge in [-0.2, -0.15) is 0 Å². The van der Waals surface area contributed by atoms with Crippen molar-refractivity contribution in [3.63, 3.8) is 0 Å². The van der Waals surface area contributed by atoms with Crippen LogP contribution in [-0.4, -0.2) is 82.4 Å². The Hall–Kier alpha value is -6.54. The standard InChI is InChI=1S/C50H52FN5O7/c51-42-13-5-4-10-38(42)30-56(25-7-24-52-29-44(58)40-18-20-43(57)48-41(40)19-21-46(59)53-48)49(60)36-16-14-33(15-17-36)32-62-39-12-6-11-37(28-39)47(35-8-2-1-3-9-35)54-50(61)63-45-31-55-26-22-34(45)23-27-55/h1-6,8-21,28,34,44-45,47,52,57-58H,7,22-27,29-32H2,(H,53,59)(H,54,61)/t44-,45-,47-/m0/s1. The molecule has 0 saturated carbocycles. The van der Waals surface area contributed by atoms with E-state index in [4.69, 9.17) is 9.47 Å². The number of alkyl carbamates (subject to hydrolysis) is 1. The smallest absolute Gasteiger partial charge is 0.408 e. The summed E-state index contributed by atoms with van der Waals surface area (Å²) in [5.41, 5.74) is 3.89. The molecule has 1 aromatic heterocycles. The molecule has 0 aliphatic carbocycles. The zero-order chi connectivity index (χ0) is 43.7. The molecule has 4 heterocycles. The van der Waals surface area contributed by atoms with E-state index in [2.05, 4.69) is 20.5 Å². The van der Waals surface area contributed by atoms with Gasteiger partial charge < -0.3 is 40.2 Å². The highest BCUT2D eigenvalue weighted by atomic mass is 19.1. The van der Waals surface area contributed by atoms with Crippen LogP contribution in [0.1, 0.15) is 69.6 Å². The predicted molar refractivity (Wildman–Crippen MR) is 238 cm³/mol. The number of aliphatic hydroxyl groups is 1. The maximum atomic E-state index is 14.8. The molecule has 326 valence electrons. The number of aromatic amines is 1. The summed E-state index contributed by atoms with van der Waals surface area (Å²) in [6.45, 7) is 4.17. The molecule has 0 radical (unpaired) electrons. The third-order valence-electron chi connectivity index (χ3n) is 12.0. The van der Waals surface area contributed by atoms with Gasteiger partial charge in [-0.25, -0.2) is 9.18 Å². The summed E-state index contributed by atoms with van der Waals surface area (Å²) in [5.74, 6) is 0.278. The Balaban J connectivity index is 0.880. The molecule has 5 aromatic carbocycles. The fourth-order valence-electron chi connectivity index (χ4n) is 8.59. The minimum absolute atomic E-state index is 0.0727. The van der Waals surface area contributed by atoms with Gasteiger partial charge >= 0.3 is 6.09 Å². The van der Waals surface area contributed by atoms with Crippen LogP contribution in [-0.2, 0) is 17.9 Å². The van der Waals surface area contributed by atoms with Crippen molar-refractivity contribution >= 4 is 22.9 Å². The topological polar surface area (TPSA) is 156 Å². The Labute approximate surface area is 365 Å². The molecular formula is C50H52FN5O7. The molecule has 3 fully saturated rings. The molecule has 0 unspecified atom stereocenters. The van der Waals surface area contributed by atoms with E-state index in [1.54, 1.807) is 47.4 Å². The van der Waals surface area contributed by atoms with Crippen molar-refractivity contribution in [3.8, 4) is 11.5 Å². The number of aromatic nitrogens is 1. The summed E-state index contributed by atoms with van der Waals surface area (Å²) >= 11 is 0. The number of hydrogen-bond donors (Lipinski definition) is 5. The Morgan fingerprint density at radius 1 is 0.889 bits per heavy atom. The highest BCUT2D eigenvalue weighted by molar-refractivity contribution is 5.94. The SMILES string of the molecule is O=C(N[C@@H](c1ccccc1)c1cccc(OCc2ccc(C(=O)N(CCCNC[C@H](O)c3ccc(O)c4[nH]c(=O)ccc34)Cc3ccccc3F)cc2)c1)O[C@H]1CN2CCC1CC2. The van der Waals surface area contributed by atoms with Crippen LogP contribution in [0.25, 0.3) is 10.9 Å². The summed E-state index contributed by atoms with van der Waals surface area (Å²) < 4.78 is 27.0. The Morgan fingerprint density at radius 3 is 2.41 bits per heavy atom. The first kappa shape index (κ1) is 43.1. The van der Waals surface area contributed by atoms with Gasteiger partial charge in [-0.1, -0.05) is 78.9 Å². The van der Waals surface area contributed by atoms with Crippen LogP contribution < -0.4 is 20.9 Å². The molecule has 2 amide bonds. The number of nitrogens with zero attached hydrogens (tertiary/aromatic N) is 2. The van der Waals surface area contributed by atoms with Crippen LogP contribution in [0.15, 0.2) is 132 Å². The molecule has 13 heteroatoms. The Morgan fingerprint density at radius 2 is 1.65 bits per heavy atom. The fraction of sp³-hybridized carbons (Fsp3) is 0.300. The number of H-pyrrole nitrogens is 1. The first-order valence-electron chi connectivity index (χ1n) is 21.5. The molecule has 2 bridgehead atoms. The lowest BCUT2D eigenvalue weighted by Gasteiger charge is -2.43.